The van der Waals surface area contributed by atoms with Gasteiger partial charge in [-0.05, 0) is 51.3 Å². The zero-order valence-electron chi connectivity index (χ0n) is 66.8. The normalized spacial score (nSPS) is 28.9. The van der Waals surface area contributed by atoms with Crippen molar-refractivity contribution in [2.24, 2.45) is 17.6 Å². The molecule has 0 spiro atoms. The Balaban J connectivity index is 1.36. The minimum atomic E-state index is -2.64. The van der Waals surface area contributed by atoms with Gasteiger partial charge in [0.15, 0.2) is 30.5 Å². The molecule has 2 aromatic rings. The van der Waals surface area contributed by atoms with Gasteiger partial charge in [0, 0.05) is 70.9 Å². The maximum atomic E-state index is 15.6. The van der Waals surface area contributed by atoms with E-state index in [9.17, 15) is 138 Å². The molecule has 0 aliphatic carbocycles. The first kappa shape index (κ1) is 103. The number of fused-ring (bicyclic) bond motifs is 26. The highest BCUT2D eigenvalue weighted by Gasteiger charge is 2.51. The molecule has 24 atom stereocenters. The van der Waals surface area contributed by atoms with Gasteiger partial charge in [-0.25, -0.2) is 4.79 Å². The second-order valence-corrected chi connectivity index (χ2v) is 35.4. The van der Waals surface area contributed by atoms with Gasteiger partial charge in [0.1, 0.15) is 109 Å². The second-order valence-electron chi connectivity index (χ2n) is 29.4. The zero-order valence-corrected chi connectivity index (χ0v) is 71.6. The van der Waals surface area contributed by atoms with Gasteiger partial charge >= 0.3 is 35.8 Å². The van der Waals surface area contributed by atoms with E-state index in [0.717, 1.165) is 32.6 Å². The van der Waals surface area contributed by atoms with Crippen molar-refractivity contribution in [3.63, 3.8) is 0 Å². The van der Waals surface area contributed by atoms with Crippen LogP contribution < -0.4 is 69.5 Å². The highest BCUT2D eigenvalue weighted by Crippen LogP contribution is 2.31. The third-order valence-electron chi connectivity index (χ3n) is 20.1. The average Bonchev–Trinajstić information content (AvgIpc) is 0.848. The Morgan fingerprint density at radius 2 is 1.20 bits per heavy atom. The number of rotatable bonds is 30. The van der Waals surface area contributed by atoms with Crippen molar-refractivity contribution in [1.29, 1.82) is 0 Å². The van der Waals surface area contributed by atoms with Crippen LogP contribution >= 0.6 is 59.1 Å². The number of aromatic amines is 1. The van der Waals surface area contributed by atoms with Gasteiger partial charge in [-0.2, -0.15) is 0 Å². The van der Waals surface area contributed by atoms with Crippen LogP contribution in [0.2, 0.25) is 0 Å². The molecule has 51 nitrogen and oxygen atoms in total. The summed E-state index contributed by atoms with van der Waals surface area (Å²) in [6.07, 6.45) is -24.2. The number of nitrogens with one attached hydrogen (secondary N) is 13. The molecule has 8 rings (SSSR count). The fraction of sp³-hybridized carbons (Fsp3) is 0.614. The summed E-state index contributed by atoms with van der Waals surface area (Å²) < 4.78 is 23.9. The smallest absolute Gasteiger partial charge is 0.329 e. The maximum absolute atomic E-state index is 15.6. The van der Waals surface area contributed by atoms with E-state index in [2.05, 4.69) is 79.4 Å². The van der Waals surface area contributed by atoms with Crippen LogP contribution in [0.1, 0.15) is 58.9 Å². The molecule has 6 aliphatic rings. The van der Waals surface area contributed by atoms with Crippen LogP contribution in [0.5, 0.6) is 0 Å². The number of likely N-dealkylation sites (tertiary alicyclic amines) is 1. The molecule has 6 fully saturated rings. The molecule has 2 bridgehead atoms. The minimum absolute atomic E-state index is 0.171. The number of carboxylic acid groups (broad SMARTS) is 6. The number of carbonyl (C=O) groups excluding carboxylic acids is 13. The Hall–Kier alpha value is -9.91. The second kappa shape index (κ2) is 47.2. The predicted molar refractivity (Wildman–Crippen MR) is 432 cm³/mol. The number of benzene rings is 1. The first-order valence-corrected chi connectivity index (χ1v) is 44.0. The Labute approximate surface area is 736 Å². The van der Waals surface area contributed by atoms with Gasteiger partial charge in [0.05, 0.1) is 44.4 Å². The number of hydrogen-bond donors (Lipinski definition) is 27. The molecular formula is C70H96BrN15O36S4. The Morgan fingerprint density at radius 1 is 0.619 bits per heavy atom. The molecule has 7 heterocycles. The Morgan fingerprint density at radius 3 is 1.81 bits per heavy atom. The van der Waals surface area contributed by atoms with E-state index in [4.69, 9.17) is 24.7 Å². The lowest BCUT2D eigenvalue weighted by atomic mass is 9.96. The van der Waals surface area contributed by atoms with Gasteiger partial charge in [-0.1, -0.05) is 65.2 Å². The lowest BCUT2D eigenvalue weighted by Gasteiger charge is -2.45. The highest BCUT2D eigenvalue weighted by molar-refractivity contribution is 9.10. The van der Waals surface area contributed by atoms with Crippen LogP contribution in [-0.2, 0) is 116 Å². The van der Waals surface area contributed by atoms with E-state index >= 15 is 19.2 Å². The average molecular weight is 1930 g/mol. The number of nitrogens with two attached hydrogens (primary N) is 1. The number of ether oxygens (including phenoxy) is 4. The number of aliphatic hydroxyl groups is 7. The van der Waals surface area contributed by atoms with Crippen molar-refractivity contribution in [2.75, 3.05) is 49.3 Å². The third-order valence-corrected chi connectivity index (χ3v) is 25.5. The number of aliphatic carboxylic acids is 6. The molecule has 0 radical (unpaired) electrons. The number of nitrogens with zero attached hydrogens (tertiary/aromatic N) is 1. The van der Waals surface area contributed by atoms with Crippen molar-refractivity contribution in [3.8, 4) is 0 Å². The summed E-state index contributed by atoms with van der Waals surface area (Å²) in [7, 11) is 2.15. The SMILES string of the molecule is CC(=O)N[C@H]1[C@H](OC(C)[C@H](NC(=O)[C@@H]2CSSC[C@@H]3NC(=O)[C@@H](NC(=O)[C@@H](N)CC(C(=O)O)C(=O)O)CSSC[C@H](NC(=O)[C@H](Cc4c[nH]c5cc(Br)ccc45)NC(=O)CNC(=O)C(CC(=O)O)NC(=O)[C@H](CC(C(=O)O)C(=O)O)NC3=O)C(=O)N2)C(=O)N[C@@H](C)C(=O)N[C@@H](C)C(=O)N2CCC(O)[C@H]2C(=O)O)O[C@H](CO[C@@H]2O[C@H](CO)[C@H](O)[C@H](O)[C@H]2O)[C@H](O)[C@@H]1O. The number of halogens is 1. The fourth-order valence-electron chi connectivity index (χ4n) is 13.2. The van der Waals surface area contributed by atoms with Gasteiger partial charge in [-0.3, -0.25) is 86.3 Å². The lowest BCUT2D eigenvalue weighted by molar-refractivity contribution is -0.324. The third kappa shape index (κ3) is 28.3. The first-order chi connectivity index (χ1) is 59.2. The fourth-order valence-corrected chi connectivity index (χ4v) is 18.2. The monoisotopic (exact) mass is 1930 g/mol. The number of hydrogen-bond acceptors (Lipinski definition) is 35. The molecule has 6 aliphatic heterocycles. The number of H-pyrrole nitrogens is 1. The number of carbonyl (C=O) groups is 19. The standard InChI is InChI=1S/C70H96BrN15O36S4/c1-22(53(98)76-23(2)63(108)86-8-7-40(89)47(86)68(117)118)75-62(107)45(24(3)120-69-46(77-25(4)88)50(95)49(94)42(122-69)17-119-70-52(97)51(96)48(93)41(16-87)121-70)85-61(106)39-21-126-124-19-37-58(103)79-34(12-30(66(113)114)67(115)116)57(102)80-35(13-44(91)92)55(100)74-15-43(90)78-33(9-26-14-73-32-10-27(71)5-6-28(26)32)56(101)82-38(60(105)84-39)20-125-123-18-36(59(104)83-37)81-54(99)31(72)11-29(64(109)110)65(111)112/h5-6,10,14,22-24,29-31,33-42,45-52,69-70,73,87,89,93-97H,7-9,11-13,15-21,72H2,1-4H3,(H,74,100)(H,75,107)(H,76,98)(H,77,88)(H,78,90)(H,79,103)(H,80,102)(H,81,99)(H,82,101)(H,83,104)(H,84,105)(H,85,106)(H,91,92)(H,109,110)(H,111,112)(H,113,114)(H,115,116)(H,117,118)/t22-,23-,24?,31-,33-,34-,35?,36-,37-,38-,39-,40?,41+,42+,45-,46+,47-,48-,49-,50+,51-,52+,69+,70+/m0/s1. The predicted octanol–water partition coefficient (Wildman–Crippen LogP) is -11.4. The molecule has 0 saturated carbocycles. The number of amides is 13. The summed E-state index contributed by atoms with van der Waals surface area (Å²) in [6, 6.07) is -21.4. The summed E-state index contributed by atoms with van der Waals surface area (Å²) >= 11 is 3.36. The van der Waals surface area contributed by atoms with E-state index in [0.29, 0.717) is 58.6 Å². The Bertz CT molecular complexity index is 4360. The van der Waals surface area contributed by atoms with Crippen LogP contribution in [0.15, 0.2) is 28.9 Å². The number of aliphatic hydroxyl groups excluding tert-OH is 7. The van der Waals surface area contributed by atoms with Crippen LogP contribution in [0.3, 0.4) is 0 Å². The van der Waals surface area contributed by atoms with Gasteiger partial charge < -0.3 is 165 Å². The summed E-state index contributed by atoms with van der Waals surface area (Å²) in [4.78, 5) is 266. The molecule has 3 unspecified atom stereocenters. The molecule has 1 aromatic carbocycles. The van der Waals surface area contributed by atoms with Crippen molar-refractivity contribution in [3.05, 3.63) is 34.4 Å². The van der Waals surface area contributed by atoms with Crippen molar-refractivity contribution < 1.29 is 176 Å². The molecular weight excluding hydrogens is 1840 g/mol. The van der Waals surface area contributed by atoms with Gasteiger partial charge in [0.2, 0.25) is 76.8 Å². The topological polar surface area (TPSA) is 814 Å². The number of aromatic nitrogens is 1. The molecule has 1 aromatic heterocycles. The molecule has 13 amide bonds. The quantitative estimate of drug-likeness (QED) is 0.0196. The molecule has 6 saturated heterocycles. The van der Waals surface area contributed by atoms with Crippen LogP contribution in [0.25, 0.3) is 10.9 Å². The molecule has 56 heteroatoms. The van der Waals surface area contributed by atoms with E-state index in [1.54, 1.807) is 18.2 Å². The van der Waals surface area contributed by atoms with Crippen molar-refractivity contribution in [1.82, 2.24) is 73.7 Å². The first-order valence-electron chi connectivity index (χ1n) is 38.2. The highest BCUT2D eigenvalue weighted by atomic mass is 79.9. The van der Waals surface area contributed by atoms with Crippen LogP contribution in [0.4, 0.5) is 0 Å². The Kier molecular flexibility index (Phi) is 38.7. The summed E-state index contributed by atoms with van der Waals surface area (Å²) in [5.41, 5.74) is 6.75. The number of carboxylic acids is 6. The van der Waals surface area contributed by atoms with Crippen molar-refractivity contribution in [2.45, 2.75) is 206 Å². The minimum Gasteiger partial charge on any atom is -0.481 e. The molecule has 28 N–H and O–H groups in total. The van der Waals surface area contributed by atoms with Crippen molar-refractivity contribution >= 4 is 183 Å². The van der Waals surface area contributed by atoms with Gasteiger partial charge in [0.25, 0.3) is 0 Å². The molecule has 698 valence electrons. The largest absolute Gasteiger partial charge is 0.481 e. The van der Waals surface area contributed by atoms with Crippen LogP contribution in [-0.4, -0.2) is 384 Å². The maximum Gasteiger partial charge on any atom is 0.329 e. The summed E-state index contributed by atoms with van der Waals surface area (Å²) in [6.45, 7) is 0.868. The van der Waals surface area contributed by atoms with E-state index in [1.807, 2.05) is 5.32 Å². The molecule has 126 heavy (non-hydrogen) atoms. The van der Waals surface area contributed by atoms with E-state index in [-0.39, 0.29) is 18.5 Å². The lowest BCUT2D eigenvalue weighted by Crippen LogP contribution is -2.67. The zero-order chi connectivity index (χ0) is 93.7. The summed E-state index contributed by atoms with van der Waals surface area (Å²) in [5.74, 6) is -37.1. The van der Waals surface area contributed by atoms with E-state index in [1.165, 1.54) is 6.20 Å². The van der Waals surface area contributed by atoms with E-state index < -0.39 is 339 Å². The van der Waals surface area contributed by atoms with Gasteiger partial charge in [-0.15, -0.1) is 0 Å². The van der Waals surface area contributed by atoms with Crippen LogP contribution in [0, 0.1) is 11.8 Å². The summed E-state index contributed by atoms with van der Waals surface area (Å²) in [5, 5.41) is 162.